The highest BCUT2D eigenvalue weighted by atomic mass is 35.5. The number of hydrogen-bond donors (Lipinski definition) is 4. The van der Waals surface area contributed by atoms with Crippen LogP contribution >= 0.6 is 22.2 Å². The molecule has 0 spiro atoms. The molecule has 0 saturated carbocycles. The van der Waals surface area contributed by atoms with Crippen molar-refractivity contribution in [2.24, 2.45) is 0 Å². The predicted molar refractivity (Wildman–Crippen MR) is 112 cm³/mol. The van der Waals surface area contributed by atoms with Crippen LogP contribution in [0.15, 0.2) is 41.3 Å². The summed E-state index contributed by atoms with van der Waals surface area (Å²) in [5.41, 5.74) is -0.0429. The first-order valence-corrected chi connectivity index (χ1v) is 10.6. The first-order chi connectivity index (χ1) is 13.4. The van der Waals surface area contributed by atoms with Crippen LogP contribution in [0.2, 0.25) is 5.02 Å². The standard InChI is InChI=1S/C21H21ClO6S/c1-20(2)21(3,25)16-8-5-13(10-18(16)29(20,26)27)4-6-14-11-15(22)7-9-17(14)28-12-19(23)24/h5,7-11,25-27H,12H2,1-3H3,(H,23,24). The lowest BCUT2D eigenvalue weighted by Gasteiger charge is -2.46. The van der Waals surface area contributed by atoms with Gasteiger partial charge in [0, 0.05) is 16.1 Å². The van der Waals surface area contributed by atoms with Crippen molar-refractivity contribution in [2.75, 3.05) is 6.61 Å². The Hall–Kier alpha value is -2.21. The lowest BCUT2D eigenvalue weighted by molar-refractivity contribution is -0.139. The second kappa shape index (κ2) is 7.24. The number of aliphatic carboxylic acids is 1. The molecule has 0 radical (unpaired) electrons. The van der Waals surface area contributed by atoms with Gasteiger partial charge >= 0.3 is 5.97 Å². The summed E-state index contributed by atoms with van der Waals surface area (Å²) < 4.78 is 25.6. The molecule has 1 atom stereocenters. The number of fused-ring (bicyclic) bond motifs is 1. The fourth-order valence-electron chi connectivity index (χ4n) is 3.12. The highest BCUT2D eigenvalue weighted by Gasteiger charge is 2.58. The lowest BCUT2D eigenvalue weighted by Crippen LogP contribution is -2.43. The molecule has 0 aliphatic carbocycles. The summed E-state index contributed by atoms with van der Waals surface area (Å²) >= 11 is 6.01. The molecule has 2 aromatic rings. The van der Waals surface area contributed by atoms with Gasteiger partial charge in [-0.05, 0) is 51.1 Å². The summed E-state index contributed by atoms with van der Waals surface area (Å²) in [4.78, 5) is 11.0. The molecule has 1 aliphatic rings. The third kappa shape index (κ3) is 3.59. The average molecular weight is 437 g/mol. The lowest BCUT2D eigenvalue weighted by atomic mass is 9.85. The minimum absolute atomic E-state index is 0.271. The van der Waals surface area contributed by atoms with E-state index in [1.807, 2.05) is 0 Å². The van der Waals surface area contributed by atoms with Crippen molar-refractivity contribution in [2.45, 2.75) is 36.0 Å². The van der Waals surface area contributed by atoms with E-state index in [1.54, 1.807) is 51.1 Å². The van der Waals surface area contributed by atoms with Gasteiger partial charge in [-0.3, -0.25) is 9.11 Å². The third-order valence-electron chi connectivity index (χ3n) is 5.33. The molecule has 3 rings (SSSR count). The van der Waals surface area contributed by atoms with Crippen molar-refractivity contribution in [3.05, 3.63) is 58.1 Å². The van der Waals surface area contributed by atoms with E-state index < -0.39 is 33.5 Å². The molecule has 29 heavy (non-hydrogen) atoms. The first kappa shape index (κ1) is 21.5. The third-order valence-corrected chi connectivity index (χ3v) is 8.34. The van der Waals surface area contributed by atoms with E-state index >= 15 is 0 Å². The summed E-state index contributed by atoms with van der Waals surface area (Å²) in [6.45, 7) is 4.29. The Kier molecular flexibility index (Phi) is 5.37. The monoisotopic (exact) mass is 436 g/mol. The molecule has 1 unspecified atom stereocenters. The highest BCUT2D eigenvalue weighted by Crippen LogP contribution is 2.71. The van der Waals surface area contributed by atoms with E-state index in [9.17, 15) is 19.0 Å². The van der Waals surface area contributed by atoms with Gasteiger partial charge in [0.15, 0.2) is 6.61 Å². The molecular formula is C21H21ClO6S. The van der Waals surface area contributed by atoms with Gasteiger partial charge in [-0.15, -0.1) is 0 Å². The minimum Gasteiger partial charge on any atom is -0.481 e. The van der Waals surface area contributed by atoms with Gasteiger partial charge in [-0.1, -0.05) is 29.5 Å². The smallest absolute Gasteiger partial charge is 0.341 e. The van der Waals surface area contributed by atoms with Gasteiger partial charge in [-0.25, -0.2) is 4.79 Å². The normalized spacial score (nSPS) is 22.2. The van der Waals surface area contributed by atoms with Crippen LogP contribution in [0.1, 0.15) is 37.5 Å². The molecule has 0 saturated heterocycles. The fourth-order valence-corrected chi connectivity index (χ4v) is 5.37. The largest absolute Gasteiger partial charge is 0.481 e. The number of carbonyl (C=O) groups is 1. The Balaban J connectivity index is 2.01. The molecule has 1 aliphatic heterocycles. The minimum atomic E-state index is -3.26. The number of carboxylic acids is 1. The van der Waals surface area contributed by atoms with E-state index in [2.05, 4.69) is 11.8 Å². The number of aliphatic hydroxyl groups is 1. The summed E-state index contributed by atoms with van der Waals surface area (Å²) in [5, 5.41) is 20.1. The van der Waals surface area contributed by atoms with Crippen molar-refractivity contribution >= 4 is 28.2 Å². The van der Waals surface area contributed by atoms with Crippen LogP contribution in [0.3, 0.4) is 0 Å². The van der Waals surface area contributed by atoms with Gasteiger partial charge in [0.25, 0.3) is 0 Å². The zero-order chi connectivity index (χ0) is 21.6. The zero-order valence-electron chi connectivity index (χ0n) is 16.1. The fraction of sp³-hybridized carbons (Fsp3) is 0.286. The average Bonchev–Trinajstić information content (AvgIpc) is 2.74. The van der Waals surface area contributed by atoms with E-state index in [1.165, 1.54) is 6.07 Å². The molecule has 0 amide bonds. The van der Waals surface area contributed by atoms with Crippen LogP contribution in [-0.4, -0.2) is 36.6 Å². The summed E-state index contributed by atoms with van der Waals surface area (Å²) in [6.07, 6.45) is 0. The quantitative estimate of drug-likeness (QED) is 0.534. The predicted octanol–water partition coefficient (Wildman–Crippen LogP) is 4.31. The maximum absolute atomic E-state index is 10.9. The zero-order valence-corrected chi connectivity index (χ0v) is 17.6. The Morgan fingerprint density at radius 2 is 1.83 bits per heavy atom. The van der Waals surface area contributed by atoms with Crippen molar-refractivity contribution in [3.63, 3.8) is 0 Å². The number of halogens is 1. The number of rotatable bonds is 3. The molecule has 4 N–H and O–H groups in total. The van der Waals surface area contributed by atoms with E-state index in [4.69, 9.17) is 21.4 Å². The van der Waals surface area contributed by atoms with Crippen molar-refractivity contribution in [1.29, 1.82) is 0 Å². The Morgan fingerprint density at radius 1 is 1.14 bits per heavy atom. The Labute approximate surface area is 175 Å². The number of hydrogen-bond acceptors (Lipinski definition) is 5. The van der Waals surface area contributed by atoms with Crippen LogP contribution < -0.4 is 4.74 Å². The summed E-state index contributed by atoms with van der Waals surface area (Å²) in [7, 11) is -3.26. The Morgan fingerprint density at radius 3 is 2.48 bits per heavy atom. The summed E-state index contributed by atoms with van der Waals surface area (Å²) in [5.74, 6) is 4.96. The molecule has 0 aromatic heterocycles. The van der Waals surface area contributed by atoms with Gasteiger partial charge in [0.05, 0.1) is 15.2 Å². The van der Waals surface area contributed by atoms with Crippen LogP contribution in [0.4, 0.5) is 0 Å². The Bertz CT molecular complexity index is 1050. The molecule has 0 fully saturated rings. The van der Waals surface area contributed by atoms with Gasteiger partial charge in [0.2, 0.25) is 0 Å². The molecule has 1 heterocycles. The maximum Gasteiger partial charge on any atom is 0.341 e. The van der Waals surface area contributed by atoms with E-state index in [-0.39, 0.29) is 10.6 Å². The molecule has 8 heteroatoms. The molecular weight excluding hydrogens is 416 g/mol. The highest BCUT2D eigenvalue weighted by molar-refractivity contribution is 8.25. The van der Waals surface area contributed by atoms with Crippen molar-refractivity contribution < 1.29 is 28.8 Å². The SMILES string of the molecule is CC1(O)c2ccc(C#Cc3cc(Cl)ccc3OCC(=O)O)cc2S(O)(O)C1(C)C. The number of carboxylic acid groups (broad SMARTS) is 1. The van der Waals surface area contributed by atoms with Crippen LogP contribution in [0, 0.1) is 11.8 Å². The van der Waals surface area contributed by atoms with Crippen molar-refractivity contribution in [3.8, 4) is 17.6 Å². The van der Waals surface area contributed by atoms with Gasteiger partial charge in [0.1, 0.15) is 11.4 Å². The van der Waals surface area contributed by atoms with Crippen molar-refractivity contribution in [1.82, 2.24) is 0 Å². The van der Waals surface area contributed by atoms with E-state index in [0.717, 1.165) is 0 Å². The van der Waals surface area contributed by atoms with Gasteiger partial charge in [-0.2, -0.15) is 10.6 Å². The summed E-state index contributed by atoms with van der Waals surface area (Å²) in [6, 6.07) is 9.54. The second-order valence-corrected chi connectivity index (χ2v) is 10.4. The van der Waals surface area contributed by atoms with Crippen LogP contribution in [0.25, 0.3) is 0 Å². The first-order valence-electron chi connectivity index (χ1n) is 8.69. The van der Waals surface area contributed by atoms with Gasteiger partial charge < -0.3 is 14.9 Å². The molecule has 2 aromatic carbocycles. The molecule has 0 bridgehead atoms. The number of benzene rings is 2. The molecule has 154 valence electrons. The topological polar surface area (TPSA) is 107 Å². The van der Waals surface area contributed by atoms with Crippen LogP contribution in [0.5, 0.6) is 5.75 Å². The van der Waals surface area contributed by atoms with E-state index in [0.29, 0.717) is 21.7 Å². The maximum atomic E-state index is 10.9. The van der Waals surface area contributed by atoms with Crippen LogP contribution in [-0.2, 0) is 10.4 Å². The molecule has 6 nitrogen and oxygen atoms in total. The number of ether oxygens (including phenoxy) is 1. The second-order valence-electron chi connectivity index (χ2n) is 7.42.